The van der Waals surface area contributed by atoms with Gasteiger partial charge in [-0.15, -0.1) is 0 Å². The molecule has 1 aromatic heterocycles. The second-order valence-electron chi connectivity index (χ2n) is 5.81. The van der Waals surface area contributed by atoms with Crippen molar-refractivity contribution in [1.29, 1.82) is 0 Å². The number of nitrogens with one attached hydrogen (secondary N) is 1. The van der Waals surface area contributed by atoms with E-state index in [1.807, 2.05) is 12.1 Å². The highest BCUT2D eigenvalue weighted by molar-refractivity contribution is 5.27. The van der Waals surface area contributed by atoms with Crippen LogP contribution in [-0.4, -0.2) is 35.6 Å². The number of nitrogens with zero attached hydrogens (tertiary/aromatic N) is 2. The van der Waals surface area contributed by atoms with E-state index in [1.54, 1.807) is 12.4 Å². The average molecular weight is 297 g/mol. The van der Waals surface area contributed by atoms with Crippen LogP contribution >= 0.6 is 0 Å². The van der Waals surface area contributed by atoms with Crippen molar-refractivity contribution in [2.45, 2.75) is 26.1 Å². The fourth-order valence-corrected chi connectivity index (χ4v) is 2.69. The molecule has 1 saturated heterocycles. The second-order valence-corrected chi connectivity index (χ2v) is 5.81. The summed E-state index contributed by atoms with van der Waals surface area (Å²) in [4.78, 5) is 6.53. The van der Waals surface area contributed by atoms with Crippen molar-refractivity contribution in [3.8, 4) is 5.75 Å². The molecular weight excluding hydrogens is 274 g/mol. The van der Waals surface area contributed by atoms with Crippen molar-refractivity contribution in [2.24, 2.45) is 0 Å². The monoisotopic (exact) mass is 297 g/mol. The summed E-state index contributed by atoms with van der Waals surface area (Å²) in [6.45, 7) is 7.13. The lowest BCUT2D eigenvalue weighted by Gasteiger charge is -2.33. The number of piperazine rings is 1. The topological polar surface area (TPSA) is 37.4 Å². The molecule has 116 valence electrons. The van der Waals surface area contributed by atoms with Gasteiger partial charge in [0.2, 0.25) is 0 Å². The highest BCUT2D eigenvalue weighted by atomic mass is 16.5. The molecule has 0 radical (unpaired) electrons. The highest BCUT2D eigenvalue weighted by Crippen LogP contribution is 2.16. The Labute approximate surface area is 132 Å². The Morgan fingerprint density at radius 2 is 1.91 bits per heavy atom. The number of hydrogen-bond acceptors (Lipinski definition) is 4. The standard InChI is InChI=1S/C18H23N3O/c1-15-12-20-10-11-21(15)13-16-2-4-18(5-3-16)22-14-17-6-8-19-9-7-17/h2-9,15,20H,10-14H2,1H3/t15-/m0/s1. The lowest BCUT2D eigenvalue weighted by Crippen LogP contribution is -2.49. The van der Waals surface area contributed by atoms with Crippen LogP contribution in [-0.2, 0) is 13.2 Å². The van der Waals surface area contributed by atoms with Crippen molar-refractivity contribution >= 4 is 0 Å². The summed E-state index contributed by atoms with van der Waals surface area (Å²) in [5.41, 5.74) is 2.47. The molecule has 2 heterocycles. The maximum absolute atomic E-state index is 5.81. The van der Waals surface area contributed by atoms with E-state index < -0.39 is 0 Å². The van der Waals surface area contributed by atoms with E-state index in [0.29, 0.717) is 12.6 Å². The molecule has 4 nitrogen and oxygen atoms in total. The predicted octanol–water partition coefficient (Wildman–Crippen LogP) is 2.45. The van der Waals surface area contributed by atoms with Gasteiger partial charge < -0.3 is 10.1 Å². The van der Waals surface area contributed by atoms with E-state index in [0.717, 1.165) is 37.5 Å². The van der Waals surface area contributed by atoms with Gasteiger partial charge in [-0.05, 0) is 42.3 Å². The summed E-state index contributed by atoms with van der Waals surface area (Å²) in [5, 5.41) is 3.43. The van der Waals surface area contributed by atoms with E-state index in [2.05, 4.69) is 46.4 Å². The van der Waals surface area contributed by atoms with Gasteiger partial charge in [-0.2, -0.15) is 0 Å². The van der Waals surface area contributed by atoms with E-state index in [1.165, 1.54) is 5.56 Å². The van der Waals surface area contributed by atoms with Gasteiger partial charge in [0, 0.05) is 44.6 Å². The summed E-state index contributed by atoms with van der Waals surface area (Å²) in [6.07, 6.45) is 3.58. The van der Waals surface area contributed by atoms with Crippen LogP contribution in [0.4, 0.5) is 0 Å². The normalized spacial score (nSPS) is 19.0. The van der Waals surface area contributed by atoms with Crippen molar-refractivity contribution in [1.82, 2.24) is 15.2 Å². The van der Waals surface area contributed by atoms with E-state index in [4.69, 9.17) is 4.74 Å². The van der Waals surface area contributed by atoms with Crippen LogP contribution < -0.4 is 10.1 Å². The molecular formula is C18H23N3O. The molecule has 4 heteroatoms. The van der Waals surface area contributed by atoms with Crippen molar-refractivity contribution in [3.63, 3.8) is 0 Å². The third kappa shape index (κ3) is 4.06. The van der Waals surface area contributed by atoms with Gasteiger partial charge in [-0.3, -0.25) is 9.88 Å². The molecule has 1 fully saturated rings. The number of hydrogen-bond donors (Lipinski definition) is 1. The highest BCUT2D eigenvalue weighted by Gasteiger charge is 2.17. The average Bonchev–Trinajstić information content (AvgIpc) is 2.57. The molecule has 0 amide bonds. The molecule has 22 heavy (non-hydrogen) atoms. The first-order valence-corrected chi connectivity index (χ1v) is 7.87. The SMILES string of the molecule is C[C@H]1CNCCN1Cc1ccc(OCc2ccncc2)cc1. The number of benzene rings is 1. The molecule has 1 atom stereocenters. The van der Waals surface area contributed by atoms with Crippen LogP contribution in [0.1, 0.15) is 18.1 Å². The zero-order chi connectivity index (χ0) is 15.2. The summed E-state index contributed by atoms with van der Waals surface area (Å²) in [6, 6.07) is 13.0. The summed E-state index contributed by atoms with van der Waals surface area (Å²) in [5.74, 6) is 0.911. The predicted molar refractivity (Wildman–Crippen MR) is 87.8 cm³/mol. The Morgan fingerprint density at radius 1 is 1.14 bits per heavy atom. The van der Waals surface area contributed by atoms with Gasteiger partial charge in [0.05, 0.1) is 0 Å². The Kier molecular flexibility index (Phi) is 5.03. The van der Waals surface area contributed by atoms with Crippen LogP contribution in [0.2, 0.25) is 0 Å². The largest absolute Gasteiger partial charge is 0.489 e. The molecule has 0 unspecified atom stereocenters. The van der Waals surface area contributed by atoms with Gasteiger partial charge in [-0.25, -0.2) is 0 Å². The smallest absolute Gasteiger partial charge is 0.119 e. The van der Waals surface area contributed by atoms with Gasteiger partial charge >= 0.3 is 0 Å². The molecule has 0 spiro atoms. The zero-order valence-electron chi connectivity index (χ0n) is 13.0. The fourth-order valence-electron chi connectivity index (χ4n) is 2.69. The van der Waals surface area contributed by atoms with Crippen molar-refractivity contribution in [2.75, 3.05) is 19.6 Å². The quantitative estimate of drug-likeness (QED) is 0.920. The molecule has 1 aliphatic rings. The zero-order valence-corrected chi connectivity index (χ0v) is 13.0. The minimum Gasteiger partial charge on any atom is -0.489 e. The molecule has 2 aromatic rings. The first kappa shape index (κ1) is 15.0. The van der Waals surface area contributed by atoms with Crippen LogP contribution in [0.25, 0.3) is 0 Å². The van der Waals surface area contributed by atoms with Gasteiger partial charge in [0.25, 0.3) is 0 Å². The lowest BCUT2D eigenvalue weighted by molar-refractivity contribution is 0.165. The van der Waals surface area contributed by atoms with E-state index in [9.17, 15) is 0 Å². The fraction of sp³-hybridized carbons (Fsp3) is 0.389. The minimum atomic E-state index is 0.580. The number of pyridine rings is 1. The summed E-state index contributed by atoms with van der Waals surface area (Å²) < 4.78 is 5.81. The third-order valence-electron chi connectivity index (χ3n) is 4.10. The molecule has 0 aliphatic carbocycles. The number of aromatic nitrogens is 1. The Bertz CT molecular complexity index is 571. The lowest BCUT2D eigenvalue weighted by atomic mass is 10.1. The van der Waals surface area contributed by atoms with Gasteiger partial charge in [-0.1, -0.05) is 12.1 Å². The first-order valence-electron chi connectivity index (χ1n) is 7.87. The molecule has 1 aromatic carbocycles. The number of ether oxygens (including phenoxy) is 1. The minimum absolute atomic E-state index is 0.580. The van der Waals surface area contributed by atoms with E-state index in [-0.39, 0.29) is 0 Å². The number of rotatable bonds is 5. The molecule has 3 rings (SSSR count). The molecule has 1 N–H and O–H groups in total. The first-order chi connectivity index (χ1) is 10.8. The van der Waals surface area contributed by atoms with Crippen LogP contribution in [0.5, 0.6) is 5.75 Å². The Hall–Kier alpha value is -1.91. The molecule has 0 saturated carbocycles. The summed E-state index contributed by atoms with van der Waals surface area (Å²) >= 11 is 0. The van der Waals surface area contributed by atoms with Gasteiger partial charge in [0.1, 0.15) is 12.4 Å². The molecule has 1 aliphatic heterocycles. The molecule has 0 bridgehead atoms. The van der Waals surface area contributed by atoms with E-state index >= 15 is 0 Å². The third-order valence-corrected chi connectivity index (χ3v) is 4.10. The maximum atomic E-state index is 5.81. The van der Waals surface area contributed by atoms with Crippen molar-refractivity contribution < 1.29 is 4.74 Å². The Balaban J connectivity index is 1.53. The van der Waals surface area contributed by atoms with Crippen LogP contribution in [0.15, 0.2) is 48.8 Å². The Morgan fingerprint density at radius 3 is 2.64 bits per heavy atom. The maximum Gasteiger partial charge on any atom is 0.119 e. The second kappa shape index (κ2) is 7.38. The van der Waals surface area contributed by atoms with Crippen LogP contribution in [0.3, 0.4) is 0 Å². The van der Waals surface area contributed by atoms with Crippen LogP contribution in [0, 0.1) is 0 Å². The summed E-state index contributed by atoms with van der Waals surface area (Å²) in [7, 11) is 0. The van der Waals surface area contributed by atoms with Gasteiger partial charge in [0.15, 0.2) is 0 Å². The van der Waals surface area contributed by atoms with Crippen molar-refractivity contribution in [3.05, 3.63) is 59.9 Å².